The minimum atomic E-state index is -2.41. The number of nitrogens with two attached hydrogens (primary N) is 1. The van der Waals surface area contributed by atoms with Gasteiger partial charge in [-0.2, -0.15) is 0 Å². The molecule has 0 amide bonds. The second kappa shape index (κ2) is 2.63. The smallest absolute Gasteiger partial charge is 0.258 e. The lowest BCUT2D eigenvalue weighted by molar-refractivity contribution is 0.204. The molecule has 0 fully saturated rings. The van der Waals surface area contributed by atoms with Gasteiger partial charge in [-0.15, -0.1) is 0 Å². The van der Waals surface area contributed by atoms with Gasteiger partial charge < -0.3 is 5.73 Å². The van der Waals surface area contributed by atoms with Crippen LogP contribution in [0.2, 0.25) is 0 Å². The summed E-state index contributed by atoms with van der Waals surface area (Å²) < 4.78 is 21.7. The van der Waals surface area contributed by atoms with Crippen LogP contribution in [0.15, 0.2) is 12.3 Å². The maximum atomic E-state index is 10.9. The van der Waals surface area contributed by atoms with Crippen LogP contribution in [-0.2, 0) is 0 Å². The van der Waals surface area contributed by atoms with E-state index in [4.69, 9.17) is 0 Å². The van der Waals surface area contributed by atoms with Crippen molar-refractivity contribution in [2.75, 3.05) is 0 Å². The molecule has 0 aliphatic carbocycles. The Kier molecular flexibility index (Phi) is 2.36. The average molecular weight is 93.1 g/mol. The Morgan fingerprint density at radius 2 is 2.00 bits per heavy atom. The number of allylic oxidation sites excluding steroid dienone is 1. The first kappa shape index (κ1) is 5.40. The van der Waals surface area contributed by atoms with Crippen LogP contribution in [0.5, 0.6) is 0 Å². The first-order valence-corrected chi connectivity index (χ1v) is 1.44. The van der Waals surface area contributed by atoms with Crippen molar-refractivity contribution in [1.82, 2.24) is 0 Å². The summed E-state index contributed by atoms with van der Waals surface area (Å²) in [5, 5.41) is 0. The normalized spacial score (nSPS) is 11.2. The predicted molar refractivity (Wildman–Crippen MR) is 19.3 cm³/mol. The topological polar surface area (TPSA) is 26.0 Å². The molecule has 0 radical (unpaired) electrons. The fourth-order valence-electron chi connectivity index (χ4n) is 0.0840. The molecule has 0 spiro atoms. The molecule has 0 unspecified atom stereocenters. The third kappa shape index (κ3) is 3.40. The van der Waals surface area contributed by atoms with E-state index in [1.165, 1.54) is 0 Å². The number of halogens is 2. The van der Waals surface area contributed by atoms with E-state index in [2.05, 4.69) is 5.73 Å². The molecular formula is C3H5F2N. The quantitative estimate of drug-likeness (QED) is 0.508. The molecule has 0 saturated heterocycles. The molecule has 36 valence electrons. The number of hydrogen-bond donors (Lipinski definition) is 1. The Balaban J connectivity index is 3.03. The maximum absolute atomic E-state index is 10.9. The maximum Gasteiger partial charge on any atom is 0.258 e. The zero-order valence-corrected chi connectivity index (χ0v) is 3.07. The molecule has 0 bridgehead atoms. The highest BCUT2D eigenvalue weighted by atomic mass is 19.3. The lowest BCUT2D eigenvalue weighted by Crippen LogP contribution is -1.84. The molecule has 0 heterocycles. The highest BCUT2D eigenvalue weighted by molar-refractivity contribution is 4.77. The average Bonchev–Trinajstić information content (AvgIpc) is 1.35. The summed E-state index contributed by atoms with van der Waals surface area (Å²) in [6.07, 6.45) is -0.972. The Morgan fingerprint density at radius 1 is 1.50 bits per heavy atom. The summed E-state index contributed by atoms with van der Waals surface area (Å²) in [4.78, 5) is 0. The lowest BCUT2D eigenvalue weighted by Gasteiger charge is -1.78. The summed E-state index contributed by atoms with van der Waals surface area (Å²) in [5.41, 5.74) is 4.57. The first-order chi connectivity index (χ1) is 2.77. The van der Waals surface area contributed by atoms with Crippen molar-refractivity contribution >= 4 is 0 Å². The number of alkyl halides is 2. The predicted octanol–water partition coefficient (Wildman–Crippen LogP) is 0.724. The van der Waals surface area contributed by atoms with Gasteiger partial charge in [-0.1, -0.05) is 0 Å². The van der Waals surface area contributed by atoms with E-state index < -0.39 is 6.43 Å². The zero-order chi connectivity index (χ0) is 4.99. The lowest BCUT2D eigenvalue weighted by atomic mass is 10.7. The van der Waals surface area contributed by atoms with Gasteiger partial charge in [-0.3, -0.25) is 0 Å². The molecule has 0 aromatic carbocycles. The molecule has 2 N–H and O–H groups in total. The van der Waals surface area contributed by atoms with E-state index in [1.54, 1.807) is 0 Å². The van der Waals surface area contributed by atoms with E-state index >= 15 is 0 Å². The molecule has 0 saturated carbocycles. The van der Waals surface area contributed by atoms with Crippen molar-refractivity contribution in [2.24, 2.45) is 5.73 Å². The van der Waals surface area contributed by atoms with Gasteiger partial charge in [0.1, 0.15) is 0 Å². The van der Waals surface area contributed by atoms with Gasteiger partial charge in [0.2, 0.25) is 0 Å². The standard InChI is InChI=1S/C3H5F2N/c4-3(5)1-2-6/h1-3H,6H2. The van der Waals surface area contributed by atoms with Gasteiger partial charge in [0, 0.05) is 0 Å². The zero-order valence-electron chi connectivity index (χ0n) is 3.07. The first-order valence-electron chi connectivity index (χ1n) is 1.44. The van der Waals surface area contributed by atoms with Gasteiger partial charge in [-0.25, -0.2) is 8.78 Å². The Morgan fingerprint density at radius 3 is 2.00 bits per heavy atom. The van der Waals surface area contributed by atoms with Gasteiger partial charge in [0.05, 0.1) is 0 Å². The molecule has 3 heteroatoms. The van der Waals surface area contributed by atoms with Crippen LogP contribution in [0.3, 0.4) is 0 Å². The number of hydrogen-bond acceptors (Lipinski definition) is 1. The van der Waals surface area contributed by atoms with E-state index in [0.29, 0.717) is 6.08 Å². The highest BCUT2D eigenvalue weighted by Crippen LogP contribution is 1.89. The largest absolute Gasteiger partial charge is 0.405 e. The third-order valence-electron chi connectivity index (χ3n) is 0.257. The van der Waals surface area contributed by atoms with Gasteiger partial charge in [-0.05, 0) is 12.3 Å². The van der Waals surface area contributed by atoms with Crippen molar-refractivity contribution in [1.29, 1.82) is 0 Å². The number of rotatable bonds is 1. The van der Waals surface area contributed by atoms with Crippen molar-refractivity contribution in [3.63, 3.8) is 0 Å². The fraction of sp³-hybridized carbons (Fsp3) is 0.333. The van der Waals surface area contributed by atoms with Crippen LogP contribution < -0.4 is 5.73 Å². The van der Waals surface area contributed by atoms with Gasteiger partial charge in [0.25, 0.3) is 6.43 Å². The third-order valence-corrected chi connectivity index (χ3v) is 0.257. The molecule has 6 heavy (non-hydrogen) atoms. The molecule has 0 rings (SSSR count). The summed E-state index contributed by atoms with van der Waals surface area (Å²) >= 11 is 0. The molecule has 0 aromatic rings. The van der Waals surface area contributed by atoms with Crippen LogP contribution in [0.1, 0.15) is 0 Å². The summed E-state index contributed by atoms with van der Waals surface area (Å²) in [5.74, 6) is 0. The van der Waals surface area contributed by atoms with Crippen LogP contribution in [-0.4, -0.2) is 6.43 Å². The minimum absolute atomic E-state index is 0.611. The monoisotopic (exact) mass is 93.0 g/mol. The van der Waals surface area contributed by atoms with Gasteiger partial charge in [0.15, 0.2) is 0 Å². The van der Waals surface area contributed by atoms with Crippen molar-refractivity contribution < 1.29 is 8.78 Å². The molecule has 0 aliphatic rings. The van der Waals surface area contributed by atoms with E-state index in [1.807, 2.05) is 0 Å². The van der Waals surface area contributed by atoms with Gasteiger partial charge >= 0.3 is 0 Å². The van der Waals surface area contributed by atoms with Crippen LogP contribution in [0, 0.1) is 0 Å². The summed E-state index contributed by atoms with van der Waals surface area (Å²) in [6.45, 7) is 0. The fourth-order valence-corrected chi connectivity index (χ4v) is 0.0840. The van der Waals surface area contributed by atoms with E-state index in [0.717, 1.165) is 6.20 Å². The van der Waals surface area contributed by atoms with E-state index in [9.17, 15) is 8.78 Å². The second-order valence-electron chi connectivity index (χ2n) is 0.719. The molecule has 1 nitrogen and oxygen atoms in total. The molecular weight excluding hydrogens is 88.0 g/mol. The van der Waals surface area contributed by atoms with Crippen LogP contribution in [0.4, 0.5) is 8.78 Å². The molecule has 0 aromatic heterocycles. The Hall–Kier alpha value is -0.600. The van der Waals surface area contributed by atoms with Crippen LogP contribution >= 0.6 is 0 Å². The van der Waals surface area contributed by atoms with Crippen molar-refractivity contribution in [3.8, 4) is 0 Å². The SMILES string of the molecule is NC=CC(F)F. The summed E-state index contributed by atoms with van der Waals surface area (Å²) in [6, 6.07) is 0. The van der Waals surface area contributed by atoms with Crippen molar-refractivity contribution in [2.45, 2.75) is 6.43 Å². The second-order valence-corrected chi connectivity index (χ2v) is 0.719. The Labute approximate surface area is 34.5 Å². The van der Waals surface area contributed by atoms with Crippen molar-refractivity contribution in [3.05, 3.63) is 12.3 Å². The minimum Gasteiger partial charge on any atom is -0.405 e. The highest BCUT2D eigenvalue weighted by Gasteiger charge is 1.88. The molecule has 0 atom stereocenters. The van der Waals surface area contributed by atoms with Crippen LogP contribution in [0.25, 0.3) is 0 Å². The Bertz CT molecular complexity index is 50.8. The summed E-state index contributed by atoms with van der Waals surface area (Å²) in [7, 11) is 0. The molecule has 0 aliphatic heterocycles. The van der Waals surface area contributed by atoms with E-state index in [-0.39, 0.29) is 0 Å².